The Morgan fingerprint density at radius 2 is 2.00 bits per heavy atom. The zero-order valence-corrected chi connectivity index (χ0v) is 11.1. The fraction of sp³-hybridized carbons (Fsp3) is 0.615. The number of anilines is 1. The maximum Gasteiger partial charge on any atom is 0.224 e. The molecule has 0 spiro atoms. The van der Waals surface area contributed by atoms with Crippen molar-refractivity contribution >= 4 is 23.7 Å². The van der Waals surface area contributed by atoms with Gasteiger partial charge in [0.05, 0.1) is 6.20 Å². The molecule has 4 rings (SSSR count). The molecule has 3 fully saturated rings. The Kier molecular flexibility index (Phi) is 3.39. The molecule has 2 atom stereocenters. The fourth-order valence-electron chi connectivity index (χ4n) is 3.51. The molecule has 3 aliphatic carbocycles. The molecule has 19 heavy (non-hydrogen) atoms. The first-order chi connectivity index (χ1) is 9.19. The summed E-state index contributed by atoms with van der Waals surface area (Å²) in [5, 5.41) is 3.09. The van der Waals surface area contributed by atoms with Gasteiger partial charge in [-0.15, -0.1) is 0 Å². The van der Waals surface area contributed by atoms with E-state index in [9.17, 15) is 9.18 Å². The lowest BCUT2D eigenvalue weighted by atomic mass is 9.62. The van der Waals surface area contributed by atoms with Crippen LogP contribution in [0.5, 0.6) is 0 Å². The van der Waals surface area contributed by atoms with E-state index in [0.717, 1.165) is 38.2 Å². The third-order valence-electron chi connectivity index (χ3n) is 4.46. The number of aromatic nitrogens is 2. The molecule has 0 amide bonds. The van der Waals surface area contributed by atoms with Crippen molar-refractivity contribution in [2.45, 2.75) is 31.7 Å². The van der Waals surface area contributed by atoms with Gasteiger partial charge in [0.15, 0.2) is 11.6 Å². The quantitative estimate of drug-likeness (QED) is 0.684. The van der Waals surface area contributed by atoms with E-state index < -0.39 is 5.82 Å². The number of fused-ring (bicyclic) bond motifs is 3. The molecule has 1 aromatic rings. The van der Waals surface area contributed by atoms with Gasteiger partial charge in [0, 0.05) is 12.0 Å². The van der Waals surface area contributed by atoms with Crippen LogP contribution in [0.2, 0.25) is 5.28 Å². The van der Waals surface area contributed by atoms with Gasteiger partial charge in [0.25, 0.3) is 0 Å². The predicted molar refractivity (Wildman–Crippen MR) is 69.4 cm³/mol. The highest BCUT2D eigenvalue weighted by molar-refractivity contribution is 6.28. The Bertz CT molecular complexity index is 491. The number of nitrogens with one attached hydrogen (secondary N) is 1. The second-order valence-electron chi connectivity index (χ2n) is 5.39. The number of hydrogen-bond acceptors (Lipinski definition) is 4. The lowest BCUT2D eigenvalue weighted by Gasteiger charge is -2.46. The van der Waals surface area contributed by atoms with Crippen molar-refractivity contribution in [3.05, 3.63) is 17.3 Å². The highest BCUT2D eigenvalue weighted by atomic mass is 35.5. The van der Waals surface area contributed by atoms with Crippen LogP contribution in [0.25, 0.3) is 0 Å². The normalized spacial score (nSPS) is 33.2. The molecule has 0 aromatic carbocycles. The number of aldehydes is 1. The number of halogens is 2. The summed E-state index contributed by atoms with van der Waals surface area (Å²) < 4.78 is 13.7. The maximum absolute atomic E-state index is 13.7. The van der Waals surface area contributed by atoms with Gasteiger partial charge in [0.2, 0.25) is 5.28 Å². The first-order valence-electron chi connectivity index (χ1n) is 6.59. The molecule has 0 aliphatic heterocycles. The van der Waals surface area contributed by atoms with Crippen molar-refractivity contribution in [2.24, 2.45) is 17.8 Å². The van der Waals surface area contributed by atoms with Crippen LogP contribution in [0.15, 0.2) is 6.20 Å². The van der Waals surface area contributed by atoms with Gasteiger partial charge in [-0.25, -0.2) is 9.37 Å². The van der Waals surface area contributed by atoms with E-state index in [1.807, 2.05) is 0 Å². The van der Waals surface area contributed by atoms with Gasteiger partial charge in [0.1, 0.15) is 6.29 Å². The lowest BCUT2D eigenvalue weighted by Crippen LogP contribution is -2.49. The molecule has 4 nitrogen and oxygen atoms in total. The van der Waals surface area contributed by atoms with Gasteiger partial charge in [-0.05, 0) is 49.1 Å². The first-order valence-corrected chi connectivity index (χ1v) is 6.96. The minimum Gasteiger partial charge on any atom is -0.364 e. The van der Waals surface area contributed by atoms with Crippen LogP contribution in [0.4, 0.5) is 10.2 Å². The highest BCUT2D eigenvalue weighted by Gasteiger charge is 2.43. The topological polar surface area (TPSA) is 54.9 Å². The highest BCUT2D eigenvalue weighted by Crippen LogP contribution is 2.45. The van der Waals surface area contributed by atoms with Crippen LogP contribution >= 0.6 is 11.6 Å². The number of rotatable bonds is 3. The van der Waals surface area contributed by atoms with Crippen LogP contribution in [0.3, 0.4) is 0 Å². The molecule has 3 aliphatic rings. The van der Waals surface area contributed by atoms with E-state index in [4.69, 9.17) is 11.6 Å². The standard InChI is InChI=1S/C13H15ClFN3O/c14-13-16-5-10(15)12(18-13)17-11-8-3-1-7(2-4-8)9(11)6-19/h5-9,11H,1-4H2,(H,16,17,18)/t7?,8?,9-,11-/m0/s1. The molecule has 1 heterocycles. The Hall–Kier alpha value is -1.23. The van der Waals surface area contributed by atoms with E-state index >= 15 is 0 Å². The minimum absolute atomic E-state index is 0.00696. The molecule has 0 saturated heterocycles. The number of carbonyl (C=O) groups excluding carboxylic acids is 1. The summed E-state index contributed by atoms with van der Waals surface area (Å²) in [7, 11) is 0. The van der Waals surface area contributed by atoms with Crippen molar-refractivity contribution in [3.8, 4) is 0 Å². The summed E-state index contributed by atoms with van der Waals surface area (Å²) in [4.78, 5) is 18.8. The van der Waals surface area contributed by atoms with Crippen molar-refractivity contribution < 1.29 is 9.18 Å². The summed E-state index contributed by atoms with van der Waals surface area (Å²) in [5.41, 5.74) is 0. The second-order valence-corrected chi connectivity index (χ2v) is 5.73. The Morgan fingerprint density at radius 3 is 2.68 bits per heavy atom. The second kappa shape index (κ2) is 5.04. The number of carbonyl (C=O) groups is 1. The summed E-state index contributed by atoms with van der Waals surface area (Å²) >= 11 is 5.69. The predicted octanol–water partition coefficient (Wildman–Crippen LogP) is 2.68. The van der Waals surface area contributed by atoms with Gasteiger partial charge >= 0.3 is 0 Å². The molecule has 102 valence electrons. The summed E-state index contributed by atoms with van der Waals surface area (Å²) in [5.74, 6) is 0.342. The van der Waals surface area contributed by atoms with Crippen molar-refractivity contribution in [1.82, 2.24) is 9.97 Å². The lowest BCUT2D eigenvalue weighted by molar-refractivity contribution is -0.116. The van der Waals surface area contributed by atoms with E-state index in [2.05, 4.69) is 15.3 Å². The monoisotopic (exact) mass is 283 g/mol. The Labute approximate surface area is 115 Å². The molecule has 6 heteroatoms. The third kappa shape index (κ3) is 2.31. The molecule has 1 N–H and O–H groups in total. The average Bonchev–Trinajstić information content (AvgIpc) is 2.44. The van der Waals surface area contributed by atoms with Gasteiger partial charge in [-0.2, -0.15) is 4.98 Å². The van der Waals surface area contributed by atoms with Gasteiger partial charge < -0.3 is 10.1 Å². The van der Waals surface area contributed by atoms with Crippen LogP contribution in [0, 0.1) is 23.6 Å². The molecular weight excluding hydrogens is 269 g/mol. The van der Waals surface area contributed by atoms with Crippen molar-refractivity contribution in [2.75, 3.05) is 5.32 Å². The zero-order valence-electron chi connectivity index (χ0n) is 10.4. The van der Waals surface area contributed by atoms with E-state index in [0.29, 0.717) is 11.8 Å². The third-order valence-corrected chi connectivity index (χ3v) is 4.64. The summed E-state index contributed by atoms with van der Waals surface area (Å²) in [6.45, 7) is 0. The summed E-state index contributed by atoms with van der Waals surface area (Å²) in [6, 6.07) is -0.0366. The molecule has 1 aromatic heterocycles. The van der Waals surface area contributed by atoms with E-state index in [1.54, 1.807) is 0 Å². The largest absolute Gasteiger partial charge is 0.364 e. The maximum atomic E-state index is 13.7. The summed E-state index contributed by atoms with van der Waals surface area (Å²) in [6.07, 6.45) is 6.43. The number of nitrogens with zero attached hydrogens (tertiary/aromatic N) is 2. The zero-order chi connectivity index (χ0) is 13.4. The SMILES string of the molecule is O=C[C@H]1C2CCC(CC2)[C@@H]1Nc1nc(Cl)ncc1F. The van der Waals surface area contributed by atoms with Crippen LogP contribution < -0.4 is 5.32 Å². The molecule has 3 saturated carbocycles. The van der Waals surface area contributed by atoms with E-state index in [1.165, 1.54) is 0 Å². The smallest absolute Gasteiger partial charge is 0.224 e. The Morgan fingerprint density at radius 1 is 1.32 bits per heavy atom. The first kappa shape index (κ1) is 12.8. The van der Waals surface area contributed by atoms with Crippen molar-refractivity contribution in [3.63, 3.8) is 0 Å². The Balaban J connectivity index is 1.85. The van der Waals surface area contributed by atoms with Gasteiger partial charge in [-0.1, -0.05) is 0 Å². The van der Waals surface area contributed by atoms with Crippen molar-refractivity contribution in [1.29, 1.82) is 0 Å². The number of hydrogen-bond donors (Lipinski definition) is 1. The van der Waals surface area contributed by atoms with Gasteiger partial charge in [-0.3, -0.25) is 0 Å². The fourth-order valence-corrected chi connectivity index (χ4v) is 3.64. The van der Waals surface area contributed by atoms with Crippen LogP contribution in [0.1, 0.15) is 25.7 Å². The van der Waals surface area contributed by atoms with Crippen LogP contribution in [-0.2, 0) is 4.79 Å². The minimum atomic E-state index is -0.532. The van der Waals surface area contributed by atoms with E-state index in [-0.39, 0.29) is 23.1 Å². The average molecular weight is 284 g/mol. The molecular formula is C13H15ClFN3O. The molecule has 2 bridgehead atoms. The molecule has 0 radical (unpaired) electrons. The molecule has 0 unspecified atom stereocenters. The van der Waals surface area contributed by atoms with Crippen LogP contribution in [-0.4, -0.2) is 22.3 Å².